The summed E-state index contributed by atoms with van der Waals surface area (Å²) in [6, 6.07) is 6.21. The number of hydrogen-bond acceptors (Lipinski definition) is 7. The summed E-state index contributed by atoms with van der Waals surface area (Å²) < 4.78 is 2.02. The van der Waals surface area contributed by atoms with Crippen LogP contribution < -0.4 is 5.32 Å². The maximum atomic E-state index is 11.1. The van der Waals surface area contributed by atoms with Crippen LogP contribution in [0.5, 0.6) is 0 Å². The first kappa shape index (κ1) is 35.9. The number of aryl methyl sites for hydroxylation is 1. The molecule has 1 aromatic carbocycles. The van der Waals surface area contributed by atoms with Crippen LogP contribution in [-0.4, -0.2) is 77.0 Å². The Morgan fingerprint density at radius 1 is 1.07 bits per heavy atom. The molecule has 3 heterocycles. The fraction of sp³-hybridized carbons (Fsp3) is 0.552. The minimum Gasteiger partial charge on any atom is -0.390 e. The van der Waals surface area contributed by atoms with E-state index in [1.54, 1.807) is 12.4 Å². The van der Waals surface area contributed by atoms with E-state index in [1.807, 2.05) is 22.9 Å². The van der Waals surface area contributed by atoms with Crippen molar-refractivity contribution in [3.63, 3.8) is 0 Å². The van der Waals surface area contributed by atoms with Gasteiger partial charge in [0.15, 0.2) is 0 Å². The van der Waals surface area contributed by atoms with Crippen LogP contribution in [0.15, 0.2) is 30.7 Å². The van der Waals surface area contributed by atoms with E-state index in [-0.39, 0.29) is 49.2 Å². The molecule has 2 aliphatic rings. The van der Waals surface area contributed by atoms with Gasteiger partial charge in [-0.3, -0.25) is 0 Å². The lowest BCUT2D eigenvalue weighted by molar-refractivity contribution is -0.00171. The lowest BCUT2D eigenvalue weighted by Gasteiger charge is -2.30. The van der Waals surface area contributed by atoms with Crippen molar-refractivity contribution in [1.29, 1.82) is 0 Å². The molecular formula is C29H40Cl5N7O2. The summed E-state index contributed by atoms with van der Waals surface area (Å²) in [5.74, 6) is 1.74. The molecule has 2 aliphatic carbocycles. The number of aromatic nitrogens is 5. The van der Waals surface area contributed by atoms with E-state index in [9.17, 15) is 10.2 Å². The first-order chi connectivity index (χ1) is 19.3. The SMILES string of the molecule is CC(C)N(CCCCc1nc2cc(Cl)c(Cl)cc2[nH]1)C[C@H]1C[C@@H](n2ccc3c(NC4CC4)ncnc32)[C@H](O)C1O.Cl.Cl.Cl. The third kappa shape index (κ3) is 7.82. The van der Waals surface area contributed by atoms with Gasteiger partial charge < -0.3 is 30.0 Å². The summed E-state index contributed by atoms with van der Waals surface area (Å²) in [6.07, 6.45) is 7.75. The number of hydrogen-bond donors (Lipinski definition) is 4. The average molecular weight is 696 g/mol. The van der Waals surface area contributed by atoms with E-state index < -0.39 is 12.2 Å². The number of H-pyrrole nitrogens is 1. The van der Waals surface area contributed by atoms with Crippen LogP contribution in [-0.2, 0) is 6.42 Å². The van der Waals surface area contributed by atoms with Crippen molar-refractivity contribution in [3.05, 3.63) is 46.6 Å². The minimum absolute atomic E-state index is 0. The molecule has 2 saturated carbocycles. The number of aliphatic hydroxyl groups excluding tert-OH is 2. The fourth-order valence-electron chi connectivity index (χ4n) is 5.98. The van der Waals surface area contributed by atoms with Crippen LogP contribution in [0.3, 0.4) is 0 Å². The second-order valence-corrected chi connectivity index (χ2v) is 12.5. The van der Waals surface area contributed by atoms with Crippen LogP contribution in [0.4, 0.5) is 5.82 Å². The molecule has 6 rings (SSSR count). The smallest absolute Gasteiger partial charge is 0.145 e. The molecule has 0 saturated heterocycles. The highest BCUT2D eigenvalue weighted by atomic mass is 35.5. The molecule has 0 spiro atoms. The highest BCUT2D eigenvalue weighted by Gasteiger charge is 2.43. The zero-order valence-electron chi connectivity index (χ0n) is 24.1. The molecule has 9 nitrogen and oxygen atoms in total. The van der Waals surface area contributed by atoms with Gasteiger partial charge in [0, 0.05) is 37.2 Å². The van der Waals surface area contributed by atoms with Crippen LogP contribution in [0, 0.1) is 5.92 Å². The molecule has 14 heteroatoms. The Hall–Kier alpha value is -1.56. The van der Waals surface area contributed by atoms with Crippen molar-refractivity contribution in [2.75, 3.05) is 18.4 Å². The van der Waals surface area contributed by atoms with Crippen molar-refractivity contribution >= 4 is 88.3 Å². The molecular weight excluding hydrogens is 656 g/mol. The molecule has 0 radical (unpaired) electrons. The Morgan fingerprint density at radius 3 is 2.53 bits per heavy atom. The summed E-state index contributed by atoms with van der Waals surface area (Å²) in [7, 11) is 0. The summed E-state index contributed by atoms with van der Waals surface area (Å²) in [5, 5.41) is 27.6. The van der Waals surface area contributed by atoms with Gasteiger partial charge in [0.25, 0.3) is 0 Å². The van der Waals surface area contributed by atoms with Crippen LogP contribution in [0.2, 0.25) is 10.0 Å². The average Bonchev–Trinajstić information content (AvgIpc) is 3.39. The second kappa shape index (κ2) is 15.1. The van der Waals surface area contributed by atoms with E-state index in [0.29, 0.717) is 28.5 Å². The largest absolute Gasteiger partial charge is 0.390 e. The van der Waals surface area contributed by atoms with Crippen molar-refractivity contribution < 1.29 is 10.2 Å². The number of aromatic amines is 1. The van der Waals surface area contributed by atoms with Crippen molar-refractivity contribution in [2.24, 2.45) is 5.92 Å². The Bertz CT molecular complexity index is 1460. The Kier molecular flexibility index (Phi) is 12.7. The maximum Gasteiger partial charge on any atom is 0.145 e. The van der Waals surface area contributed by atoms with Gasteiger partial charge in [-0.1, -0.05) is 23.2 Å². The number of unbranched alkanes of at least 4 members (excludes halogenated alkanes) is 1. The van der Waals surface area contributed by atoms with Gasteiger partial charge >= 0.3 is 0 Å². The predicted molar refractivity (Wildman–Crippen MR) is 181 cm³/mol. The summed E-state index contributed by atoms with van der Waals surface area (Å²) in [4.78, 5) is 19.4. The number of fused-ring (bicyclic) bond motifs is 2. The minimum atomic E-state index is -0.848. The standard InChI is InChI=1S/C29H37Cl2N7O2.3ClH/c1-16(2)37(9-4-3-5-25-35-22-12-20(30)21(31)13-23(22)36-25)14-17-11-24(27(40)26(17)39)38-10-8-19-28(34-18-6-7-18)32-15-33-29(19)38;;;/h8,10,12-13,15-18,24,26-27,39-40H,3-7,9,11,14H2,1-2H3,(H,35,36)(H,32,33,34);3*1H/t17-,24-,26?,27+;;;/m1.../s1. The molecule has 4 atom stereocenters. The highest BCUT2D eigenvalue weighted by Crippen LogP contribution is 2.39. The number of anilines is 1. The topological polar surface area (TPSA) is 115 Å². The number of benzene rings is 1. The zero-order valence-corrected chi connectivity index (χ0v) is 28.1. The number of nitrogens with one attached hydrogen (secondary N) is 2. The Morgan fingerprint density at radius 2 is 1.81 bits per heavy atom. The van der Waals surface area contributed by atoms with E-state index in [4.69, 9.17) is 23.2 Å². The third-order valence-corrected chi connectivity index (χ3v) is 9.16. The molecule has 0 bridgehead atoms. The number of nitrogens with zero attached hydrogens (tertiary/aromatic N) is 5. The second-order valence-electron chi connectivity index (χ2n) is 11.7. The quantitative estimate of drug-likeness (QED) is 0.133. The van der Waals surface area contributed by atoms with E-state index in [2.05, 4.69) is 44.0 Å². The Balaban J connectivity index is 0.00000169. The molecule has 0 amide bonds. The van der Waals surface area contributed by atoms with E-state index in [0.717, 1.165) is 78.9 Å². The molecule has 238 valence electrons. The molecule has 43 heavy (non-hydrogen) atoms. The van der Waals surface area contributed by atoms with Gasteiger partial charge in [0.2, 0.25) is 0 Å². The first-order valence-electron chi connectivity index (χ1n) is 14.3. The van der Waals surface area contributed by atoms with Gasteiger partial charge in [-0.15, -0.1) is 37.2 Å². The van der Waals surface area contributed by atoms with Crippen molar-refractivity contribution in [2.45, 2.75) is 82.7 Å². The molecule has 3 aromatic heterocycles. The van der Waals surface area contributed by atoms with Crippen LogP contribution in [0.25, 0.3) is 22.1 Å². The van der Waals surface area contributed by atoms with Crippen LogP contribution in [0.1, 0.15) is 57.8 Å². The monoisotopic (exact) mass is 693 g/mol. The lowest BCUT2D eigenvalue weighted by atomic mass is 10.0. The fourth-order valence-corrected chi connectivity index (χ4v) is 6.30. The summed E-state index contributed by atoms with van der Waals surface area (Å²) in [6.45, 7) is 6.02. The predicted octanol–water partition coefficient (Wildman–Crippen LogP) is 6.47. The number of imidazole rings is 1. The lowest BCUT2D eigenvalue weighted by Crippen LogP contribution is -2.40. The first-order valence-corrected chi connectivity index (χ1v) is 15.1. The van der Waals surface area contributed by atoms with Gasteiger partial charge in [0.1, 0.15) is 29.7 Å². The maximum absolute atomic E-state index is 11.1. The zero-order chi connectivity index (χ0) is 28.0. The highest BCUT2D eigenvalue weighted by molar-refractivity contribution is 6.42. The van der Waals surface area contributed by atoms with E-state index >= 15 is 0 Å². The molecule has 0 aliphatic heterocycles. The van der Waals surface area contributed by atoms with Gasteiger partial charge in [0.05, 0.1) is 38.6 Å². The van der Waals surface area contributed by atoms with Crippen molar-refractivity contribution in [1.82, 2.24) is 29.4 Å². The van der Waals surface area contributed by atoms with Gasteiger partial charge in [-0.2, -0.15) is 0 Å². The third-order valence-electron chi connectivity index (χ3n) is 8.44. The van der Waals surface area contributed by atoms with E-state index in [1.165, 1.54) is 0 Å². The molecule has 4 aromatic rings. The van der Waals surface area contributed by atoms with Crippen LogP contribution >= 0.6 is 60.4 Å². The summed E-state index contributed by atoms with van der Waals surface area (Å²) >= 11 is 12.3. The van der Waals surface area contributed by atoms with Gasteiger partial charge in [-0.25, -0.2) is 15.0 Å². The van der Waals surface area contributed by atoms with Crippen molar-refractivity contribution in [3.8, 4) is 0 Å². The Labute approximate surface area is 280 Å². The van der Waals surface area contributed by atoms with Gasteiger partial charge in [-0.05, 0) is 70.7 Å². The number of aliphatic hydroxyl groups is 2. The number of rotatable bonds is 11. The molecule has 4 N–H and O–H groups in total. The molecule has 1 unspecified atom stereocenters. The normalized spacial score (nSPS) is 21.7. The number of halogens is 5. The summed E-state index contributed by atoms with van der Waals surface area (Å²) in [5.41, 5.74) is 2.52. The molecule has 2 fully saturated rings.